The van der Waals surface area contributed by atoms with Crippen molar-refractivity contribution in [3.8, 4) is 0 Å². The molecule has 0 atom stereocenters. The molecule has 0 aliphatic carbocycles. The molecule has 0 unspecified atom stereocenters. The SMILES string of the molecule is Cc1n[nH]c(C)c1CCNC(=O)c1ccc(N(C)C)cc1. The van der Waals surface area contributed by atoms with Crippen LogP contribution in [0.25, 0.3) is 0 Å². The average molecular weight is 286 g/mol. The minimum atomic E-state index is -0.0425. The van der Waals surface area contributed by atoms with E-state index >= 15 is 0 Å². The third kappa shape index (κ3) is 3.62. The molecule has 5 nitrogen and oxygen atoms in total. The largest absolute Gasteiger partial charge is 0.378 e. The molecule has 1 aromatic heterocycles. The summed E-state index contributed by atoms with van der Waals surface area (Å²) in [5.74, 6) is -0.0425. The van der Waals surface area contributed by atoms with Gasteiger partial charge in [-0.1, -0.05) is 0 Å². The first-order valence-corrected chi connectivity index (χ1v) is 7.05. The molecular formula is C16H22N4O. The van der Waals surface area contributed by atoms with Crippen molar-refractivity contribution in [2.45, 2.75) is 20.3 Å². The van der Waals surface area contributed by atoms with Crippen LogP contribution in [0.5, 0.6) is 0 Å². The van der Waals surface area contributed by atoms with Crippen molar-refractivity contribution in [1.82, 2.24) is 15.5 Å². The number of hydrogen-bond acceptors (Lipinski definition) is 3. The maximum atomic E-state index is 12.1. The summed E-state index contributed by atoms with van der Waals surface area (Å²) in [7, 11) is 3.95. The van der Waals surface area contributed by atoms with E-state index in [1.165, 1.54) is 5.56 Å². The lowest BCUT2D eigenvalue weighted by molar-refractivity contribution is 0.0954. The first kappa shape index (κ1) is 15.1. The molecule has 0 aliphatic heterocycles. The van der Waals surface area contributed by atoms with Crippen molar-refractivity contribution in [2.24, 2.45) is 0 Å². The van der Waals surface area contributed by atoms with E-state index in [0.29, 0.717) is 12.1 Å². The van der Waals surface area contributed by atoms with Crippen LogP contribution in [0.3, 0.4) is 0 Å². The highest BCUT2D eigenvalue weighted by Crippen LogP contribution is 2.12. The van der Waals surface area contributed by atoms with Crippen molar-refractivity contribution in [1.29, 1.82) is 0 Å². The molecule has 0 fully saturated rings. The van der Waals surface area contributed by atoms with Crippen molar-refractivity contribution < 1.29 is 4.79 Å². The molecule has 1 aromatic carbocycles. The number of carbonyl (C=O) groups excluding carboxylic acids is 1. The molecule has 0 bridgehead atoms. The first-order chi connectivity index (χ1) is 9.99. The topological polar surface area (TPSA) is 61.0 Å². The van der Waals surface area contributed by atoms with Gasteiger partial charge in [-0.3, -0.25) is 9.89 Å². The second-order valence-electron chi connectivity index (χ2n) is 5.36. The number of aromatic amines is 1. The number of carbonyl (C=O) groups is 1. The lowest BCUT2D eigenvalue weighted by Gasteiger charge is -2.12. The maximum Gasteiger partial charge on any atom is 0.251 e. The average Bonchev–Trinajstić information content (AvgIpc) is 2.79. The number of nitrogens with zero attached hydrogens (tertiary/aromatic N) is 2. The molecule has 5 heteroatoms. The van der Waals surface area contributed by atoms with Crippen molar-refractivity contribution in [2.75, 3.05) is 25.5 Å². The molecule has 0 radical (unpaired) electrons. The summed E-state index contributed by atoms with van der Waals surface area (Å²) >= 11 is 0. The third-order valence-corrected chi connectivity index (χ3v) is 3.59. The van der Waals surface area contributed by atoms with Crippen LogP contribution in [0.2, 0.25) is 0 Å². The van der Waals surface area contributed by atoms with Gasteiger partial charge >= 0.3 is 0 Å². The molecule has 0 saturated carbocycles. The summed E-state index contributed by atoms with van der Waals surface area (Å²) in [5, 5.41) is 10.1. The van der Waals surface area contributed by atoms with Crippen LogP contribution >= 0.6 is 0 Å². The van der Waals surface area contributed by atoms with Gasteiger partial charge in [0.1, 0.15) is 0 Å². The van der Waals surface area contributed by atoms with E-state index in [9.17, 15) is 4.79 Å². The number of H-pyrrole nitrogens is 1. The normalized spacial score (nSPS) is 10.5. The van der Waals surface area contributed by atoms with Gasteiger partial charge in [0, 0.05) is 37.6 Å². The highest BCUT2D eigenvalue weighted by molar-refractivity contribution is 5.94. The Morgan fingerprint density at radius 2 is 1.90 bits per heavy atom. The van der Waals surface area contributed by atoms with Gasteiger partial charge in [0.25, 0.3) is 5.91 Å². The van der Waals surface area contributed by atoms with Crippen LogP contribution in [0.1, 0.15) is 27.3 Å². The number of aromatic nitrogens is 2. The van der Waals surface area contributed by atoms with Crippen LogP contribution < -0.4 is 10.2 Å². The Bertz CT molecular complexity index is 594. The van der Waals surface area contributed by atoms with Gasteiger partial charge in [0.05, 0.1) is 5.69 Å². The first-order valence-electron chi connectivity index (χ1n) is 7.05. The molecule has 1 heterocycles. The van der Waals surface area contributed by atoms with Crippen LogP contribution in [-0.4, -0.2) is 36.7 Å². The Kier molecular flexibility index (Phi) is 4.62. The highest BCUT2D eigenvalue weighted by Gasteiger charge is 2.08. The lowest BCUT2D eigenvalue weighted by Crippen LogP contribution is -2.26. The molecule has 0 spiro atoms. The van der Waals surface area contributed by atoms with Crippen LogP contribution in [0.4, 0.5) is 5.69 Å². The molecule has 0 saturated heterocycles. The molecule has 0 aliphatic rings. The number of benzene rings is 1. The summed E-state index contributed by atoms with van der Waals surface area (Å²) in [4.78, 5) is 14.1. The van der Waals surface area contributed by atoms with Crippen LogP contribution in [-0.2, 0) is 6.42 Å². The lowest BCUT2D eigenvalue weighted by atomic mass is 10.1. The van der Waals surface area contributed by atoms with Gasteiger partial charge in [-0.05, 0) is 50.1 Å². The molecule has 21 heavy (non-hydrogen) atoms. The molecule has 2 rings (SSSR count). The van der Waals surface area contributed by atoms with Gasteiger partial charge in [0.2, 0.25) is 0 Å². The van der Waals surface area contributed by atoms with Gasteiger partial charge < -0.3 is 10.2 Å². The number of nitrogens with one attached hydrogen (secondary N) is 2. The second kappa shape index (κ2) is 6.43. The Morgan fingerprint density at radius 3 is 2.43 bits per heavy atom. The van der Waals surface area contributed by atoms with E-state index in [0.717, 1.165) is 23.5 Å². The van der Waals surface area contributed by atoms with Gasteiger partial charge in [-0.2, -0.15) is 5.10 Å². The fraction of sp³-hybridized carbons (Fsp3) is 0.375. The highest BCUT2D eigenvalue weighted by atomic mass is 16.1. The Hall–Kier alpha value is -2.30. The Labute approximate surface area is 125 Å². The zero-order valence-electron chi connectivity index (χ0n) is 13.0. The smallest absolute Gasteiger partial charge is 0.251 e. The minimum absolute atomic E-state index is 0.0425. The monoisotopic (exact) mass is 286 g/mol. The second-order valence-corrected chi connectivity index (χ2v) is 5.36. The van der Waals surface area contributed by atoms with E-state index in [4.69, 9.17) is 0 Å². The molecule has 1 amide bonds. The van der Waals surface area contributed by atoms with Crippen molar-refractivity contribution in [3.63, 3.8) is 0 Å². The van der Waals surface area contributed by atoms with Crippen molar-refractivity contribution in [3.05, 3.63) is 46.8 Å². The predicted molar refractivity (Wildman–Crippen MR) is 84.9 cm³/mol. The van der Waals surface area contributed by atoms with E-state index in [2.05, 4.69) is 15.5 Å². The summed E-state index contributed by atoms with van der Waals surface area (Å²) in [6.45, 7) is 4.58. The van der Waals surface area contributed by atoms with E-state index in [1.807, 2.05) is 57.1 Å². The summed E-state index contributed by atoms with van der Waals surface area (Å²) in [6, 6.07) is 7.58. The number of rotatable bonds is 5. The molecular weight excluding hydrogens is 264 g/mol. The summed E-state index contributed by atoms with van der Waals surface area (Å²) in [5.41, 5.74) is 5.00. The summed E-state index contributed by atoms with van der Waals surface area (Å²) < 4.78 is 0. The number of amides is 1. The van der Waals surface area contributed by atoms with Gasteiger partial charge in [-0.15, -0.1) is 0 Å². The van der Waals surface area contributed by atoms with E-state index in [-0.39, 0.29) is 5.91 Å². The zero-order chi connectivity index (χ0) is 15.4. The predicted octanol–water partition coefficient (Wildman–Crippen LogP) is 2.07. The number of hydrogen-bond donors (Lipinski definition) is 2. The van der Waals surface area contributed by atoms with Gasteiger partial charge in [-0.25, -0.2) is 0 Å². The summed E-state index contributed by atoms with van der Waals surface area (Å²) in [6.07, 6.45) is 0.787. The Morgan fingerprint density at radius 1 is 1.24 bits per heavy atom. The fourth-order valence-electron chi connectivity index (χ4n) is 2.26. The molecule has 2 N–H and O–H groups in total. The standard InChI is InChI=1S/C16H22N4O/c1-11-15(12(2)19-18-11)9-10-17-16(21)13-5-7-14(8-6-13)20(3)4/h5-8H,9-10H2,1-4H3,(H,17,21)(H,18,19). The zero-order valence-corrected chi connectivity index (χ0v) is 13.0. The van der Waals surface area contributed by atoms with E-state index in [1.54, 1.807) is 0 Å². The fourth-order valence-corrected chi connectivity index (χ4v) is 2.26. The van der Waals surface area contributed by atoms with E-state index < -0.39 is 0 Å². The molecule has 112 valence electrons. The third-order valence-electron chi connectivity index (χ3n) is 3.59. The minimum Gasteiger partial charge on any atom is -0.378 e. The van der Waals surface area contributed by atoms with Crippen LogP contribution in [0.15, 0.2) is 24.3 Å². The Balaban J connectivity index is 1.90. The number of aryl methyl sites for hydroxylation is 2. The number of anilines is 1. The molecule has 2 aromatic rings. The van der Waals surface area contributed by atoms with Crippen LogP contribution in [0, 0.1) is 13.8 Å². The maximum absolute atomic E-state index is 12.1. The van der Waals surface area contributed by atoms with Crippen molar-refractivity contribution >= 4 is 11.6 Å². The van der Waals surface area contributed by atoms with Gasteiger partial charge in [0.15, 0.2) is 0 Å². The quantitative estimate of drug-likeness (QED) is 0.884.